The van der Waals surface area contributed by atoms with Gasteiger partial charge in [-0.3, -0.25) is 19.4 Å². The number of fused-ring (bicyclic) bond motifs is 1. The van der Waals surface area contributed by atoms with E-state index in [9.17, 15) is 14.4 Å². The van der Waals surface area contributed by atoms with Crippen molar-refractivity contribution in [3.05, 3.63) is 54.1 Å². The van der Waals surface area contributed by atoms with Gasteiger partial charge in [0.1, 0.15) is 12.3 Å². The first kappa shape index (κ1) is 18.6. The molecule has 2 aliphatic heterocycles. The highest BCUT2D eigenvalue weighted by Gasteiger charge is 2.55. The Labute approximate surface area is 166 Å². The minimum Gasteiger partial charge on any atom is -0.497 e. The Hall–Kier alpha value is -3.75. The molecule has 0 spiro atoms. The Balaban J connectivity index is 1.49. The van der Waals surface area contributed by atoms with E-state index >= 15 is 0 Å². The van der Waals surface area contributed by atoms with E-state index in [1.165, 1.54) is 12.1 Å². The molecule has 0 unspecified atom stereocenters. The van der Waals surface area contributed by atoms with Crippen molar-refractivity contribution in [3.63, 3.8) is 0 Å². The zero-order chi connectivity index (χ0) is 20.5. The molecule has 148 valence electrons. The molecule has 9 nitrogen and oxygen atoms in total. The number of carbonyl (C=O) groups excluding carboxylic acids is 3. The molecule has 9 heteroatoms. The molecule has 2 heterocycles. The number of anilines is 2. The predicted molar refractivity (Wildman–Crippen MR) is 104 cm³/mol. The van der Waals surface area contributed by atoms with Crippen molar-refractivity contribution >= 4 is 29.1 Å². The lowest BCUT2D eigenvalue weighted by Gasteiger charge is -2.20. The summed E-state index contributed by atoms with van der Waals surface area (Å²) in [5.74, 6) is -0.654. The second kappa shape index (κ2) is 7.34. The number of rotatable bonds is 5. The van der Waals surface area contributed by atoms with Crippen LogP contribution in [-0.4, -0.2) is 48.5 Å². The average molecular weight is 393 g/mol. The Morgan fingerprint density at radius 2 is 1.83 bits per heavy atom. The molecule has 1 N–H and O–H groups in total. The summed E-state index contributed by atoms with van der Waals surface area (Å²) in [5.41, 5.74) is 2.02. The van der Waals surface area contributed by atoms with Crippen LogP contribution in [0.3, 0.4) is 0 Å². The van der Waals surface area contributed by atoms with Crippen molar-refractivity contribution < 1.29 is 19.1 Å². The zero-order valence-corrected chi connectivity index (χ0v) is 15.9. The van der Waals surface area contributed by atoms with E-state index in [0.717, 1.165) is 10.5 Å². The van der Waals surface area contributed by atoms with Crippen LogP contribution >= 0.6 is 0 Å². The predicted octanol–water partition coefficient (Wildman–Crippen LogP) is 1.94. The summed E-state index contributed by atoms with van der Waals surface area (Å²) in [4.78, 5) is 39.2. The van der Waals surface area contributed by atoms with E-state index in [0.29, 0.717) is 17.1 Å². The molecule has 1 fully saturated rings. The third-order valence-corrected chi connectivity index (χ3v) is 4.91. The third kappa shape index (κ3) is 3.31. The van der Waals surface area contributed by atoms with Gasteiger partial charge in [-0.15, -0.1) is 0 Å². The maximum Gasteiger partial charge on any atom is 0.263 e. The minimum absolute atomic E-state index is 0.186. The molecule has 2 aromatic rings. The van der Waals surface area contributed by atoms with E-state index in [1.807, 2.05) is 25.1 Å². The molecular formula is C20H19N5O4. The molecule has 2 atom stereocenters. The zero-order valence-electron chi connectivity index (χ0n) is 15.9. The van der Waals surface area contributed by atoms with Gasteiger partial charge in [-0.2, -0.15) is 5.11 Å². The van der Waals surface area contributed by atoms with Gasteiger partial charge in [0.2, 0.25) is 5.91 Å². The molecule has 2 aliphatic rings. The highest BCUT2D eigenvalue weighted by atomic mass is 16.5. The molecule has 0 bridgehead atoms. The molecule has 0 aliphatic carbocycles. The number of imide groups is 1. The molecule has 2 aromatic carbocycles. The highest BCUT2D eigenvalue weighted by Crippen LogP contribution is 2.32. The summed E-state index contributed by atoms with van der Waals surface area (Å²) in [6.45, 7) is 1.70. The van der Waals surface area contributed by atoms with Crippen LogP contribution in [0.15, 0.2) is 58.9 Å². The van der Waals surface area contributed by atoms with E-state index in [1.54, 1.807) is 30.3 Å². The lowest BCUT2D eigenvalue weighted by molar-refractivity contribution is -0.123. The van der Waals surface area contributed by atoms with Crippen molar-refractivity contribution in [2.75, 3.05) is 23.9 Å². The van der Waals surface area contributed by atoms with Gasteiger partial charge in [0.25, 0.3) is 11.8 Å². The van der Waals surface area contributed by atoms with Crippen LogP contribution in [-0.2, 0) is 14.4 Å². The largest absolute Gasteiger partial charge is 0.497 e. The van der Waals surface area contributed by atoms with Crippen molar-refractivity contribution in [1.82, 2.24) is 5.01 Å². The fraction of sp³-hybridized carbons (Fsp3) is 0.250. The third-order valence-electron chi connectivity index (χ3n) is 4.91. The van der Waals surface area contributed by atoms with Crippen molar-refractivity contribution in [1.29, 1.82) is 0 Å². The van der Waals surface area contributed by atoms with Gasteiger partial charge in [-0.1, -0.05) is 23.4 Å². The monoisotopic (exact) mass is 393 g/mol. The Kier molecular flexibility index (Phi) is 4.71. The molecular weight excluding hydrogens is 374 g/mol. The number of hydrogen-bond donors (Lipinski definition) is 1. The Bertz CT molecular complexity index is 1000. The lowest BCUT2D eigenvalue weighted by Crippen LogP contribution is -2.43. The lowest BCUT2D eigenvalue weighted by atomic mass is 10.1. The van der Waals surface area contributed by atoms with Gasteiger partial charge >= 0.3 is 0 Å². The quantitative estimate of drug-likeness (QED) is 0.782. The van der Waals surface area contributed by atoms with Gasteiger partial charge in [0.15, 0.2) is 12.1 Å². The summed E-state index contributed by atoms with van der Waals surface area (Å²) >= 11 is 0. The molecule has 0 saturated carbocycles. The number of nitrogens with one attached hydrogen (secondary N) is 1. The molecule has 4 rings (SSSR count). The summed E-state index contributed by atoms with van der Waals surface area (Å²) in [5, 5.41) is 11.9. The van der Waals surface area contributed by atoms with Gasteiger partial charge in [-0.25, -0.2) is 4.90 Å². The maximum atomic E-state index is 12.9. The number of methoxy groups -OCH3 is 1. The van der Waals surface area contributed by atoms with E-state index in [2.05, 4.69) is 15.7 Å². The fourth-order valence-electron chi connectivity index (χ4n) is 3.39. The number of para-hydroxylation sites is 1. The second-order valence-corrected chi connectivity index (χ2v) is 6.77. The van der Waals surface area contributed by atoms with Gasteiger partial charge in [0, 0.05) is 5.69 Å². The number of benzene rings is 2. The second-order valence-electron chi connectivity index (χ2n) is 6.77. The van der Waals surface area contributed by atoms with Crippen LogP contribution in [0.1, 0.15) is 5.56 Å². The van der Waals surface area contributed by atoms with Crippen LogP contribution in [0.4, 0.5) is 11.4 Å². The van der Waals surface area contributed by atoms with Crippen molar-refractivity contribution in [2.45, 2.75) is 19.0 Å². The van der Waals surface area contributed by atoms with Crippen LogP contribution < -0.4 is 15.0 Å². The molecule has 29 heavy (non-hydrogen) atoms. The maximum absolute atomic E-state index is 12.9. The normalized spacial score (nSPS) is 20.2. The number of nitrogens with zero attached hydrogens (tertiary/aromatic N) is 4. The Morgan fingerprint density at radius 1 is 1.10 bits per heavy atom. The first-order valence-corrected chi connectivity index (χ1v) is 9.04. The average Bonchev–Trinajstić information content (AvgIpc) is 3.23. The molecule has 1 saturated heterocycles. The number of ether oxygens (including phenoxy) is 1. The van der Waals surface area contributed by atoms with Gasteiger partial charge in [-0.05, 0) is 42.8 Å². The summed E-state index contributed by atoms with van der Waals surface area (Å²) in [6, 6.07) is 12.1. The van der Waals surface area contributed by atoms with Crippen molar-refractivity contribution in [3.8, 4) is 5.75 Å². The van der Waals surface area contributed by atoms with E-state index in [4.69, 9.17) is 4.74 Å². The van der Waals surface area contributed by atoms with Gasteiger partial charge in [0.05, 0.1) is 12.8 Å². The molecule has 0 aromatic heterocycles. The highest BCUT2D eigenvalue weighted by molar-refractivity contribution is 6.25. The summed E-state index contributed by atoms with van der Waals surface area (Å²) < 4.78 is 5.10. The number of carbonyl (C=O) groups is 3. The molecule has 3 amide bonds. The SMILES string of the molecule is COc1ccc(N2C(=O)[C@@H]3N=NN(CC(=O)Nc4ccccc4C)[C@H]3C2=O)cc1. The fourth-order valence-corrected chi connectivity index (χ4v) is 3.39. The standard InChI is InChI=1S/C20H19N5O4/c1-12-5-3-4-6-15(12)21-16(26)11-24-18-17(22-23-24)19(27)25(20(18)28)13-7-9-14(29-2)10-8-13/h3-10,17-18H,11H2,1-2H3,(H,21,26)/t17-,18-/m1/s1. The number of hydrogen-bond acceptors (Lipinski definition) is 7. The van der Waals surface area contributed by atoms with E-state index < -0.39 is 23.9 Å². The molecule has 0 radical (unpaired) electrons. The smallest absolute Gasteiger partial charge is 0.263 e. The number of amides is 3. The summed E-state index contributed by atoms with van der Waals surface area (Å²) in [7, 11) is 1.53. The number of aryl methyl sites for hydroxylation is 1. The van der Waals surface area contributed by atoms with E-state index in [-0.39, 0.29) is 12.5 Å². The Morgan fingerprint density at radius 3 is 2.52 bits per heavy atom. The van der Waals surface area contributed by atoms with Gasteiger partial charge < -0.3 is 10.1 Å². The van der Waals surface area contributed by atoms with Crippen LogP contribution in [0.2, 0.25) is 0 Å². The van der Waals surface area contributed by atoms with Crippen molar-refractivity contribution in [2.24, 2.45) is 10.3 Å². The first-order valence-electron chi connectivity index (χ1n) is 9.04. The topological polar surface area (TPSA) is 104 Å². The minimum atomic E-state index is -0.948. The van der Waals surface area contributed by atoms with Crippen LogP contribution in [0, 0.1) is 6.92 Å². The summed E-state index contributed by atoms with van der Waals surface area (Å²) in [6.07, 6.45) is 0. The van der Waals surface area contributed by atoms with Crippen LogP contribution in [0.25, 0.3) is 0 Å². The first-order chi connectivity index (χ1) is 14.0. The van der Waals surface area contributed by atoms with Crippen LogP contribution in [0.5, 0.6) is 5.75 Å².